The van der Waals surface area contributed by atoms with E-state index in [2.05, 4.69) is 13.8 Å². The van der Waals surface area contributed by atoms with Crippen molar-refractivity contribution in [2.45, 2.75) is 98.5 Å². The van der Waals surface area contributed by atoms with E-state index in [0.717, 1.165) is 80.8 Å². The second-order valence-corrected chi connectivity index (χ2v) is 9.21. The Labute approximate surface area is 165 Å². The van der Waals surface area contributed by atoms with Crippen LogP contribution >= 0.6 is 0 Å². The monoisotopic (exact) mass is 378 g/mol. The molecule has 0 saturated heterocycles. The van der Waals surface area contributed by atoms with E-state index in [4.69, 9.17) is 14.2 Å². The number of hydrogen-bond acceptors (Lipinski definition) is 4. The van der Waals surface area contributed by atoms with Crippen LogP contribution in [0.2, 0.25) is 0 Å². The molecule has 2 rings (SSSR count). The van der Waals surface area contributed by atoms with Crippen molar-refractivity contribution in [1.29, 1.82) is 0 Å². The Morgan fingerprint density at radius 3 is 2.00 bits per heavy atom. The van der Waals surface area contributed by atoms with Crippen molar-refractivity contribution in [3.05, 3.63) is 22.9 Å². The largest absolute Gasteiger partial charge is 0.498 e. The quantitative estimate of drug-likeness (QED) is 0.457. The fourth-order valence-electron chi connectivity index (χ4n) is 3.78. The molecule has 0 amide bonds. The summed E-state index contributed by atoms with van der Waals surface area (Å²) in [6.07, 6.45) is 8.06. The molecule has 0 aromatic heterocycles. The van der Waals surface area contributed by atoms with Gasteiger partial charge in [-0.05, 0) is 66.2 Å². The number of ketones is 1. The summed E-state index contributed by atoms with van der Waals surface area (Å²) >= 11 is 0. The lowest BCUT2D eigenvalue weighted by Gasteiger charge is -2.32. The number of allylic oxidation sites excluding steroid dienone is 4. The zero-order valence-corrected chi connectivity index (χ0v) is 18.2. The second-order valence-electron chi connectivity index (χ2n) is 9.21. The van der Waals surface area contributed by atoms with Crippen LogP contribution in [-0.2, 0) is 19.0 Å². The Morgan fingerprint density at radius 1 is 0.852 bits per heavy atom. The van der Waals surface area contributed by atoms with Crippen molar-refractivity contribution in [3.63, 3.8) is 0 Å². The van der Waals surface area contributed by atoms with Crippen molar-refractivity contribution in [1.82, 2.24) is 0 Å². The van der Waals surface area contributed by atoms with Gasteiger partial charge in [-0.3, -0.25) is 4.79 Å². The van der Waals surface area contributed by atoms with E-state index in [1.54, 1.807) is 0 Å². The first-order valence-corrected chi connectivity index (χ1v) is 10.5. The predicted octanol–water partition coefficient (Wildman–Crippen LogP) is 6.06. The molecule has 0 saturated carbocycles. The number of carbonyl (C=O) groups excluding carboxylic acids is 1. The van der Waals surface area contributed by atoms with E-state index in [9.17, 15) is 4.79 Å². The van der Waals surface area contributed by atoms with Gasteiger partial charge in [0.1, 0.15) is 22.9 Å². The number of carbonyl (C=O) groups is 1. The van der Waals surface area contributed by atoms with Crippen LogP contribution in [0.25, 0.3) is 0 Å². The zero-order valence-electron chi connectivity index (χ0n) is 18.2. The summed E-state index contributed by atoms with van der Waals surface area (Å²) in [4.78, 5) is 12.3. The van der Waals surface area contributed by atoms with Crippen LogP contribution in [0.1, 0.15) is 92.9 Å². The molecule has 0 fully saturated rings. The van der Waals surface area contributed by atoms with Crippen LogP contribution in [0.3, 0.4) is 0 Å². The number of unbranched alkanes of at least 4 members (excludes halogenated alkanes) is 3. The Balaban J connectivity index is 1.57. The van der Waals surface area contributed by atoms with Gasteiger partial charge in [0.05, 0.1) is 13.2 Å². The zero-order chi connectivity index (χ0) is 20.1. The fourth-order valence-corrected chi connectivity index (χ4v) is 3.78. The lowest BCUT2D eigenvalue weighted by atomic mass is 9.76. The van der Waals surface area contributed by atoms with Crippen molar-refractivity contribution in [2.24, 2.45) is 5.41 Å². The van der Waals surface area contributed by atoms with Crippen molar-refractivity contribution in [2.75, 3.05) is 13.2 Å². The summed E-state index contributed by atoms with van der Waals surface area (Å²) in [5, 5.41) is 0. The lowest BCUT2D eigenvalue weighted by molar-refractivity contribution is -0.124. The summed E-state index contributed by atoms with van der Waals surface area (Å²) in [5.74, 6) is 3.10. The topological polar surface area (TPSA) is 44.8 Å². The number of rotatable bonds is 9. The maximum atomic E-state index is 12.3. The molecule has 27 heavy (non-hydrogen) atoms. The van der Waals surface area contributed by atoms with E-state index >= 15 is 0 Å². The standard InChI is InChI=1S/C23H38O4/c1-17-19(11-13-22(3,4)21(17)24)25-15-9-7-8-10-16-26-20-12-14-23(5,6)27-18(20)2/h7-16H2,1-6H3. The van der Waals surface area contributed by atoms with Gasteiger partial charge in [-0.1, -0.05) is 13.8 Å². The van der Waals surface area contributed by atoms with Gasteiger partial charge in [0.15, 0.2) is 5.78 Å². The molecular formula is C23H38O4. The normalized spacial score (nSPS) is 21.9. The molecule has 4 nitrogen and oxygen atoms in total. The molecule has 0 atom stereocenters. The molecule has 0 aromatic carbocycles. The minimum Gasteiger partial charge on any atom is -0.498 e. The van der Waals surface area contributed by atoms with Gasteiger partial charge in [-0.2, -0.15) is 0 Å². The van der Waals surface area contributed by atoms with Gasteiger partial charge in [0.25, 0.3) is 0 Å². The van der Waals surface area contributed by atoms with E-state index in [0.29, 0.717) is 6.61 Å². The average Bonchev–Trinajstić information content (AvgIpc) is 2.58. The molecule has 0 aromatic rings. The third-order valence-corrected chi connectivity index (χ3v) is 5.72. The van der Waals surface area contributed by atoms with E-state index in [1.165, 1.54) is 0 Å². The highest BCUT2D eigenvalue weighted by molar-refractivity contribution is 6.00. The minimum atomic E-state index is -0.232. The smallest absolute Gasteiger partial charge is 0.167 e. The highest BCUT2D eigenvalue weighted by atomic mass is 16.5. The van der Waals surface area contributed by atoms with Crippen LogP contribution in [0, 0.1) is 5.41 Å². The summed E-state index contributed by atoms with van der Waals surface area (Å²) in [5.41, 5.74) is 0.522. The molecule has 1 aliphatic heterocycles. The van der Waals surface area contributed by atoms with Gasteiger partial charge in [0.2, 0.25) is 0 Å². The summed E-state index contributed by atoms with van der Waals surface area (Å²) < 4.78 is 17.7. The molecule has 0 unspecified atom stereocenters. The van der Waals surface area contributed by atoms with Crippen LogP contribution in [0.4, 0.5) is 0 Å². The van der Waals surface area contributed by atoms with Crippen molar-refractivity contribution < 1.29 is 19.0 Å². The maximum absolute atomic E-state index is 12.3. The van der Waals surface area contributed by atoms with Crippen LogP contribution < -0.4 is 0 Å². The average molecular weight is 379 g/mol. The Morgan fingerprint density at radius 2 is 1.41 bits per heavy atom. The van der Waals surface area contributed by atoms with Gasteiger partial charge >= 0.3 is 0 Å². The Kier molecular flexibility index (Phi) is 7.41. The third-order valence-electron chi connectivity index (χ3n) is 5.72. The van der Waals surface area contributed by atoms with E-state index in [-0.39, 0.29) is 16.8 Å². The van der Waals surface area contributed by atoms with E-state index < -0.39 is 0 Å². The molecule has 0 spiro atoms. The summed E-state index contributed by atoms with van der Waals surface area (Å²) in [6, 6.07) is 0. The first-order valence-electron chi connectivity index (χ1n) is 10.5. The highest BCUT2D eigenvalue weighted by Gasteiger charge is 2.34. The van der Waals surface area contributed by atoms with Crippen molar-refractivity contribution >= 4 is 5.78 Å². The fraction of sp³-hybridized carbons (Fsp3) is 0.783. The second kappa shape index (κ2) is 9.16. The minimum absolute atomic E-state index is 0.0660. The maximum Gasteiger partial charge on any atom is 0.167 e. The third kappa shape index (κ3) is 6.29. The molecule has 4 heteroatoms. The van der Waals surface area contributed by atoms with E-state index in [1.807, 2.05) is 27.7 Å². The van der Waals surface area contributed by atoms with Gasteiger partial charge in [-0.25, -0.2) is 0 Å². The van der Waals surface area contributed by atoms with Crippen LogP contribution in [-0.4, -0.2) is 24.6 Å². The SMILES string of the molecule is CC1=C(OCCCCCCOC2=C(C)C(=O)C(C)(C)CC2)CCC(C)(C)O1. The van der Waals surface area contributed by atoms with Crippen LogP contribution in [0.5, 0.6) is 0 Å². The number of ether oxygens (including phenoxy) is 3. The van der Waals surface area contributed by atoms with Gasteiger partial charge in [-0.15, -0.1) is 0 Å². The van der Waals surface area contributed by atoms with Gasteiger partial charge in [0, 0.05) is 23.8 Å². The van der Waals surface area contributed by atoms with Crippen LogP contribution in [0.15, 0.2) is 22.9 Å². The number of hydrogen-bond donors (Lipinski definition) is 0. The Bertz CT molecular complexity index is 595. The first-order chi connectivity index (χ1) is 12.6. The predicted molar refractivity (Wildman–Crippen MR) is 108 cm³/mol. The molecule has 0 N–H and O–H groups in total. The van der Waals surface area contributed by atoms with Crippen molar-refractivity contribution in [3.8, 4) is 0 Å². The first kappa shape index (κ1) is 21.8. The molecule has 2 aliphatic rings. The molecular weight excluding hydrogens is 340 g/mol. The lowest BCUT2D eigenvalue weighted by Crippen LogP contribution is -2.30. The Hall–Kier alpha value is -1.45. The molecule has 1 aliphatic carbocycles. The summed E-state index contributed by atoms with van der Waals surface area (Å²) in [7, 11) is 0. The molecule has 154 valence electrons. The van der Waals surface area contributed by atoms with Gasteiger partial charge < -0.3 is 14.2 Å². The molecule has 0 radical (unpaired) electrons. The molecule has 0 bridgehead atoms. The number of Topliss-reactive ketones (excluding diaryl/α,β-unsaturated/α-hetero) is 1. The molecule has 1 heterocycles. The summed E-state index contributed by atoms with van der Waals surface area (Å²) in [6.45, 7) is 13.7. The highest BCUT2D eigenvalue weighted by Crippen LogP contribution is 2.36.